The number of rotatable bonds is 8. The van der Waals surface area contributed by atoms with Crippen molar-refractivity contribution in [2.75, 3.05) is 25.2 Å². The summed E-state index contributed by atoms with van der Waals surface area (Å²) in [5, 5.41) is 0.413. The quantitative estimate of drug-likeness (QED) is 0.334. The molecule has 8 heteroatoms. The van der Waals surface area contributed by atoms with Crippen LogP contribution >= 0.6 is 35.6 Å². The molecule has 164 valence electrons. The monoisotopic (exact) mass is 477 g/mol. The maximum atomic E-state index is 13.1. The SMILES string of the molecule is CCOc1cc(/C=C2\SC(=S)N(c3ccc(OC)c(Cl)c3)C2=O)ccc1OCC(C)C. The molecule has 0 aliphatic carbocycles. The Labute approximate surface area is 197 Å². The number of carbonyl (C=O) groups is 1. The Morgan fingerprint density at radius 1 is 1.13 bits per heavy atom. The lowest BCUT2D eigenvalue weighted by Crippen LogP contribution is -2.27. The van der Waals surface area contributed by atoms with Crippen LogP contribution in [0.3, 0.4) is 0 Å². The van der Waals surface area contributed by atoms with E-state index in [1.807, 2.05) is 25.1 Å². The summed E-state index contributed by atoms with van der Waals surface area (Å²) < 4.78 is 17.2. The molecule has 0 unspecified atom stereocenters. The highest BCUT2D eigenvalue weighted by molar-refractivity contribution is 8.27. The maximum Gasteiger partial charge on any atom is 0.270 e. The van der Waals surface area contributed by atoms with Gasteiger partial charge in [-0.3, -0.25) is 9.69 Å². The number of hydrogen-bond donors (Lipinski definition) is 0. The van der Waals surface area contributed by atoms with Crippen molar-refractivity contribution in [1.82, 2.24) is 0 Å². The van der Waals surface area contributed by atoms with E-state index in [-0.39, 0.29) is 5.91 Å². The van der Waals surface area contributed by atoms with Crippen LogP contribution in [-0.2, 0) is 4.79 Å². The number of thioether (sulfide) groups is 1. The molecule has 1 saturated heterocycles. The van der Waals surface area contributed by atoms with Gasteiger partial charge in [0.1, 0.15) is 5.75 Å². The number of ether oxygens (including phenoxy) is 3. The summed E-state index contributed by atoms with van der Waals surface area (Å²) in [7, 11) is 1.54. The molecule has 1 aliphatic heterocycles. The van der Waals surface area contributed by atoms with E-state index in [0.29, 0.717) is 56.3 Å². The van der Waals surface area contributed by atoms with Crippen LogP contribution < -0.4 is 19.1 Å². The smallest absolute Gasteiger partial charge is 0.270 e. The van der Waals surface area contributed by atoms with Gasteiger partial charge in [-0.15, -0.1) is 0 Å². The Balaban J connectivity index is 1.86. The number of carbonyl (C=O) groups excluding carboxylic acids is 1. The van der Waals surface area contributed by atoms with E-state index >= 15 is 0 Å². The van der Waals surface area contributed by atoms with Crippen LogP contribution in [0.2, 0.25) is 5.02 Å². The van der Waals surface area contributed by atoms with Gasteiger partial charge >= 0.3 is 0 Å². The van der Waals surface area contributed by atoms with Crippen LogP contribution in [0.15, 0.2) is 41.3 Å². The van der Waals surface area contributed by atoms with E-state index in [2.05, 4.69) is 13.8 Å². The molecule has 3 rings (SSSR count). The molecule has 0 radical (unpaired) electrons. The fourth-order valence-electron chi connectivity index (χ4n) is 2.89. The van der Waals surface area contributed by atoms with E-state index in [0.717, 1.165) is 5.56 Å². The summed E-state index contributed by atoms with van der Waals surface area (Å²) in [6.07, 6.45) is 1.80. The van der Waals surface area contributed by atoms with Crippen molar-refractivity contribution in [3.05, 3.63) is 51.9 Å². The molecule has 5 nitrogen and oxygen atoms in total. The Hall–Kier alpha value is -2.22. The van der Waals surface area contributed by atoms with Crippen molar-refractivity contribution in [3.63, 3.8) is 0 Å². The van der Waals surface area contributed by atoms with Crippen LogP contribution in [0.4, 0.5) is 5.69 Å². The number of amides is 1. The van der Waals surface area contributed by atoms with E-state index in [4.69, 9.17) is 38.0 Å². The predicted octanol–water partition coefficient (Wildman–Crippen LogP) is 6.19. The Morgan fingerprint density at radius 2 is 1.87 bits per heavy atom. The van der Waals surface area contributed by atoms with Crippen molar-refractivity contribution < 1.29 is 19.0 Å². The van der Waals surface area contributed by atoms with Gasteiger partial charge in [0.15, 0.2) is 15.8 Å². The molecule has 0 bridgehead atoms. The molecular formula is C23H24ClNO4S2. The first-order valence-corrected chi connectivity index (χ1v) is 11.5. The van der Waals surface area contributed by atoms with Crippen molar-refractivity contribution in [2.45, 2.75) is 20.8 Å². The first-order chi connectivity index (χ1) is 14.8. The average molecular weight is 478 g/mol. The van der Waals surface area contributed by atoms with Crippen molar-refractivity contribution in [2.24, 2.45) is 5.92 Å². The van der Waals surface area contributed by atoms with Gasteiger partial charge in [0.05, 0.1) is 35.9 Å². The molecular weight excluding hydrogens is 454 g/mol. The molecule has 0 N–H and O–H groups in total. The molecule has 1 heterocycles. The average Bonchev–Trinajstić information content (AvgIpc) is 3.00. The van der Waals surface area contributed by atoms with Gasteiger partial charge in [-0.2, -0.15) is 0 Å². The van der Waals surface area contributed by atoms with Crippen LogP contribution in [0.1, 0.15) is 26.3 Å². The van der Waals surface area contributed by atoms with E-state index in [1.165, 1.54) is 16.7 Å². The van der Waals surface area contributed by atoms with Crippen LogP contribution in [-0.4, -0.2) is 30.6 Å². The van der Waals surface area contributed by atoms with E-state index in [1.54, 1.807) is 31.4 Å². The second kappa shape index (κ2) is 10.4. The van der Waals surface area contributed by atoms with Gasteiger partial charge in [0.25, 0.3) is 5.91 Å². The Morgan fingerprint density at radius 3 is 2.52 bits per heavy atom. The van der Waals surface area contributed by atoms with Crippen molar-refractivity contribution in [3.8, 4) is 17.2 Å². The van der Waals surface area contributed by atoms with E-state index in [9.17, 15) is 4.79 Å². The Kier molecular flexibility index (Phi) is 7.86. The summed E-state index contributed by atoms with van der Waals surface area (Å²) in [6.45, 7) is 7.22. The molecule has 0 spiro atoms. The lowest BCUT2D eigenvalue weighted by molar-refractivity contribution is -0.113. The van der Waals surface area contributed by atoms with Gasteiger partial charge in [0.2, 0.25) is 0 Å². The molecule has 0 aromatic heterocycles. The zero-order valence-electron chi connectivity index (χ0n) is 17.8. The molecule has 2 aromatic rings. The number of anilines is 1. The third kappa shape index (κ3) is 5.53. The molecule has 0 atom stereocenters. The second-order valence-electron chi connectivity index (χ2n) is 7.18. The summed E-state index contributed by atoms with van der Waals surface area (Å²) in [6, 6.07) is 10.8. The summed E-state index contributed by atoms with van der Waals surface area (Å²) in [4.78, 5) is 15.1. The summed E-state index contributed by atoms with van der Waals surface area (Å²) >= 11 is 12.9. The number of thiocarbonyl (C=S) groups is 1. The minimum atomic E-state index is -0.200. The zero-order valence-corrected chi connectivity index (χ0v) is 20.2. The summed E-state index contributed by atoms with van der Waals surface area (Å²) in [5.74, 6) is 2.08. The number of benzene rings is 2. The Bertz CT molecular complexity index is 1020. The van der Waals surface area contributed by atoms with E-state index < -0.39 is 0 Å². The normalized spacial score (nSPS) is 15.2. The van der Waals surface area contributed by atoms with Crippen LogP contribution in [0.25, 0.3) is 6.08 Å². The zero-order chi connectivity index (χ0) is 22.5. The fraction of sp³-hybridized carbons (Fsp3) is 0.304. The third-order valence-electron chi connectivity index (χ3n) is 4.32. The van der Waals surface area contributed by atoms with Gasteiger partial charge in [-0.05, 0) is 54.8 Å². The second-order valence-corrected chi connectivity index (χ2v) is 9.26. The topological polar surface area (TPSA) is 48.0 Å². The molecule has 0 saturated carbocycles. The maximum absolute atomic E-state index is 13.1. The number of hydrogen-bond acceptors (Lipinski definition) is 6. The first-order valence-electron chi connectivity index (χ1n) is 9.85. The number of halogens is 1. The standard InChI is InChI=1S/C23H24ClNO4S2/c1-5-28-20-10-15(6-8-19(20)29-13-14(2)3)11-21-22(26)25(23(30)31-21)16-7-9-18(27-4)17(24)12-16/h6-12,14H,5,13H2,1-4H3/b21-11-. The van der Waals surface area contributed by atoms with Gasteiger partial charge in [-0.25, -0.2) is 0 Å². The lowest BCUT2D eigenvalue weighted by atomic mass is 10.1. The van der Waals surface area contributed by atoms with Crippen LogP contribution in [0, 0.1) is 5.92 Å². The van der Waals surface area contributed by atoms with Crippen molar-refractivity contribution >= 4 is 57.6 Å². The number of methoxy groups -OCH3 is 1. The lowest BCUT2D eigenvalue weighted by Gasteiger charge is -2.15. The highest BCUT2D eigenvalue weighted by atomic mass is 35.5. The van der Waals surface area contributed by atoms with Crippen molar-refractivity contribution in [1.29, 1.82) is 0 Å². The third-order valence-corrected chi connectivity index (χ3v) is 5.92. The molecule has 1 amide bonds. The minimum Gasteiger partial charge on any atom is -0.495 e. The van der Waals surface area contributed by atoms with Gasteiger partial charge in [0, 0.05) is 0 Å². The minimum absolute atomic E-state index is 0.200. The van der Waals surface area contributed by atoms with Crippen LogP contribution in [0.5, 0.6) is 17.2 Å². The van der Waals surface area contributed by atoms with Gasteiger partial charge < -0.3 is 14.2 Å². The molecule has 1 fully saturated rings. The largest absolute Gasteiger partial charge is 0.495 e. The van der Waals surface area contributed by atoms with Gasteiger partial charge in [-0.1, -0.05) is 55.5 Å². The first kappa shape index (κ1) is 23.4. The highest BCUT2D eigenvalue weighted by Crippen LogP contribution is 2.39. The predicted molar refractivity (Wildman–Crippen MR) is 132 cm³/mol. The molecule has 1 aliphatic rings. The summed E-state index contributed by atoms with van der Waals surface area (Å²) in [5.41, 5.74) is 1.43. The highest BCUT2D eigenvalue weighted by Gasteiger charge is 2.33. The number of nitrogens with zero attached hydrogens (tertiary/aromatic N) is 1. The molecule has 2 aromatic carbocycles. The molecule has 31 heavy (non-hydrogen) atoms. The fourth-order valence-corrected chi connectivity index (χ4v) is 4.45.